The number of halogens is 1. The molecule has 0 fully saturated rings. The SMILES string of the molecule is CCOC(=O)C(NC(=O)c1cccc(CCc2nc3ccccc3s2)c1)Oc1ccc(CCCS(=O)(=O)c2ccc(Cl)cc2)cc1. The van der Waals surface area contributed by atoms with Crippen LogP contribution in [0.5, 0.6) is 5.75 Å². The molecule has 238 valence electrons. The van der Waals surface area contributed by atoms with E-state index in [1.807, 2.05) is 30.3 Å². The van der Waals surface area contributed by atoms with E-state index in [2.05, 4.69) is 16.4 Å². The Hall–Kier alpha value is -4.25. The molecule has 0 aliphatic rings. The first-order chi connectivity index (χ1) is 22.2. The Bertz CT molecular complexity index is 1880. The summed E-state index contributed by atoms with van der Waals surface area (Å²) in [7, 11) is -3.42. The molecule has 11 heteroatoms. The summed E-state index contributed by atoms with van der Waals surface area (Å²) in [4.78, 5) is 30.9. The first kappa shape index (κ1) is 33.1. The number of sulfone groups is 1. The summed E-state index contributed by atoms with van der Waals surface area (Å²) >= 11 is 7.53. The Morgan fingerprint density at radius 2 is 1.65 bits per heavy atom. The first-order valence-electron chi connectivity index (χ1n) is 14.8. The van der Waals surface area contributed by atoms with E-state index in [0.717, 1.165) is 32.8 Å². The number of thiazole rings is 1. The van der Waals surface area contributed by atoms with Crippen LogP contribution in [-0.2, 0) is 38.6 Å². The number of hydrogen-bond acceptors (Lipinski definition) is 8. The molecule has 1 heterocycles. The van der Waals surface area contributed by atoms with Gasteiger partial charge in [-0.25, -0.2) is 18.2 Å². The number of aromatic nitrogens is 1. The number of nitrogens with zero attached hydrogens (tertiary/aromatic N) is 1. The molecular formula is C35H33ClN2O6S2. The highest BCUT2D eigenvalue weighted by molar-refractivity contribution is 7.91. The number of nitrogens with one attached hydrogen (secondary N) is 1. The zero-order valence-electron chi connectivity index (χ0n) is 25.1. The summed E-state index contributed by atoms with van der Waals surface area (Å²) in [6, 6.07) is 28.3. The van der Waals surface area contributed by atoms with Crippen molar-refractivity contribution in [1.29, 1.82) is 0 Å². The zero-order chi connectivity index (χ0) is 32.5. The highest BCUT2D eigenvalue weighted by atomic mass is 35.5. The first-order valence-corrected chi connectivity index (χ1v) is 17.7. The van der Waals surface area contributed by atoms with Crippen molar-refractivity contribution in [1.82, 2.24) is 10.3 Å². The summed E-state index contributed by atoms with van der Waals surface area (Å²) in [5.74, 6) is -0.856. The fourth-order valence-electron chi connectivity index (χ4n) is 4.80. The number of ether oxygens (including phenoxy) is 2. The molecular weight excluding hydrogens is 644 g/mol. The van der Waals surface area contributed by atoms with Gasteiger partial charge in [-0.1, -0.05) is 48.0 Å². The number of hydrogen-bond donors (Lipinski definition) is 1. The highest BCUT2D eigenvalue weighted by Crippen LogP contribution is 2.23. The molecule has 8 nitrogen and oxygen atoms in total. The maximum atomic E-state index is 13.2. The minimum absolute atomic E-state index is 0.00692. The maximum absolute atomic E-state index is 13.2. The van der Waals surface area contributed by atoms with E-state index in [1.54, 1.807) is 66.8 Å². The topological polar surface area (TPSA) is 112 Å². The smallest absolute Gasteiger partial charge is 0.369 e. The fraction of sp³-hybridized carbons (Fsp3) is 0.229. The van der Waals surface area contributed by atoms with Gasteiger partial charge in [0.1, 0.15) is 5.75 Å². The third-order valence-electron chi connectivity index (χ3n) is 7.15. The standard InChI is InChI=1S/C35H33ClN2O6S2/c1-2-43-35(40)34(44-28-17-12-24(13-18-28)8-6-22-46(41,42)29-19-15-27(36)16-20-29)38-33(39)26-9-5-7-25(23-26)14-21-32-37-30-10-3-4-11-31(30)45-32/h3-5,7,9-13,15-20,23,34H,2,6,8,14,21-22H2,1H3,(H,38,39). The average molecular weight is 677 g/mol. The van der Waals surface area contributed by atoms with Crippen molar-refractivity contribution in [3.8, 4) is 5.75 Å². The molecule has 4 aromatic carbocycles. The van der Waals surface area contributed by atoms with Gasteiger partial charge in [0.05, 0.1) is 32.5 Å². The molecule has 1 aromatic heterocycles. The molecule has 0 saturated heterocycles. The van der Waals surface area contributed by atoms with Crippen molar-refractivity contribution in [3.63, 3.8) is 0 Å². The van der Waals surface area contributed by atoms with Gasteiger partial charge in [0.2, 0.25) is 0 Å². The molecule has 1 amide bonds. The van der Waals surface area contributed by atoms with Gasteiger partial charge < -0.3 is 14.8 Å². The summed E-state index contributed by atoms with van der Waals surface area (Å²) < 4.78 is 37.4. The predicted octanol–water partition coefficient (Wildman–Crippen LogP) is 6.84. The number of para-hydroxylation sites is 1. The van der Waals surface area contributed by atoms with E-state index >= 15 is 0 Å². The van der Waals surface area contributed by atoms with Crippen LogP contribution in [0.2, 0.25) is 5.02 Å². The van der Waals surface area contributed by atoms with Crippen LogP contribution in [0.25, 0.3) is 10.2 Å². The number of fused-ring (bicyclic) bond motifs is 1. The van der Waals surface area contributed by atoms with Gasteiger partial charge in [-0.15, -0.1) is 11.3 Å². The van der Waals surface area contributed by atoms with Crippen LogP contribution in [0, 0.1) is 0 Å². The van der Waals surface area contributed by atoms with Gasteiger partial charge in [0.15, 0.2) is 9.84 Å². The lowest BCUT2D eigenvalue weighted by Crippen LogP contribution is -2.46. The third-order valence-corrected chi connectivity index (χ3v) is 10.3. The Balaban J connectivity index is 1.17. The van der Waals surface area contributed by atoms with E-state index in [9.17, 15) is 18.0 Å². The summed E-state index contributed by atoms with van der Waals surface area (Å²) in [6.45, 7) is 1.79. The molecule has 0 spiro atoms. The minimum Gasteiger partial charge on any atom is -0.462 e. The number of aryl methyl sites for hydroxylation is 3. The van der Waals surface area contributed by atoms with Gasteiger partial charge >= 0.3 is 5.97 Å². The van der Waals surface area contributed by atoms with Gasteiger partial charge in [-0.2, -0.15) is 0 Å². The van der Waals surface area contributed by atoms with Crippen LogP contribution < -0.4 is 10.1 Å². The van der Waals surface area contributed by atoms with Crippen molar-refractivity contribution >= 4 is 54.9 Å². The monoisotopic (exact) mass is 676 g/mol. The van der Waals surface area contributed by atoms with Crippen LogP contribution in [0.1, 0.15) is 39.8 Å². The average Bonchev–Trinajstić information content (AvgIpc) is 3.48. The number of amides is 1. The van der Waals surface area contributed by atoms with Crippen molar-refractivity contribution in [3.05, 3.63) is 124 Å². The Kier molecular flexibility index (Phi) is 11.1. The molecule has 0 bridgehead atoms. The quantitative estimate of drug-likeness (QED) is 0.101. The maximum Gasteiger partial charge on any atom is 0.369 e. The van der Waals surface area contributed by atoms with Crippen LogP contribution in [-0.4, -0.2) is 43.9 Å². The molecule has 0 aliphatic heterocycles. The van der Waals surface area contributed by atoms with E-state index in [4.69, 9.17) is 21.1 Å². The van der Waals surface area contributed by atoms with Gasteiger partial charge in [0.25, 0.3) is 12.1 Å². The minimum atomic E-state index is -3.42. The summed E-state index contributed by atoms with van der Waals surface area (Å²) in [5, 5.41) is 4.16. The molecule has 1 N–H and O–H groups in total. The molecule has 0 aliphatic carbocycles. The second kappa shape index (κ2) is 15.4. The molecule has 5 aromatic rings. The van der Waals surface area contributed by atoms with Crippen molar-refractivity contribution in [2.45, 2.75) is 43.7 Å². The molecule has 0 saturated carbocycles. The Morgan fingerprint density at radius 1 is 0.891 bits per heavy atom. The normalized spacial score (nSPS) is 12.0. The Labute approximate surface area is 277 Å². The zero-order valence-corrected chi connectivity index (χ0v) is 27.5. The summed E-state index contributed by atoms with van der Waals surface area (Å²) in [6.07, 6.45) is 1.03. The molecule has 46 heavy (non-hydrogen) atoms. The fourth-order valence-corrected chi connectivity index (χ4v) is 7.20. The second-order valence-corrected chi connectivity index (χ2v) is 14.2. The molecule has 5 rings (SSSR count). The van der Waals surface area contributed by atoms with Gasteiger partial charge in [-0.3, -0.25) is 4.79 Å². The van der Waals surface area contributed by atoms with E-state index < -0.39 is 27.9 Å². The van der Waals surface area contributed by atoms with Gasteiger partial charge in [-0.05, 0) is 98.0 Å². The van der Waals surface area contributed by atoms with Crippen LogP contribution in [0.15, 0.2) is 102 Å². The van der Waals surface area contributed by atoms with Crippen molar-refractivity contribution in [2.75, 3.05) is 12.4 Å². The highest BCUT2D eigenvalue weighted by Gasteiger charge is 2.25. The Morgan fingerprint density at radius 3 is 2.39 bits per heavy atom. The molecule has 0 radical (unpaired) electrons. The van der Waals surface area contributed by atoms with Crippen LogP contribution in [0.4, 0.5) is 0 Å². The van der Waals surface area contributed by atoms with Crippen LogP contribution in [0.3, 0.4) is 0 Å². The molecule has 1 unspecified atom stereocenters. The number of carbonyl (C=O) groups is 2. The third kappa shape index (κ3) is 8.93. The van der Waals surface area contributed by atoms with Crippen LogP contribution >= 0.6 is 22.9 Å². The second-order valence-electron chi connectivity index (χ2n) is 10.5. The lowest BCUT2D eigenvalue weighted by molar-refractivity contribution is -0.152. The van der Waals surface area contributed by atoms with E-state index in [1.165, 1.54) is 12.1 Å². The van der Waals surface area contributed by atoms with Crippen molar-refractivity contribution < 1.29 is 27.5 Å². The van der Waals surface area contributed by atoms with E-state index in [0.29, 0.717) is 35.6 Å². The summed E-state index contributed by atoms with van der Waals surface area (Å²) in [5.41, 5.74) is 3.25. The number of esters is 1. The molecule has 1 atom stereocenters. The lowest BCUT2D eigenvalue weighted by Gasteiger charge is -2.19. The van der Waals surface area contributed by atoms with Gasteiger partial charge in [0, 0.05) is 17.0 Å². The number of carbonyl (C=O) groups excluding carboxylic acids is 2. The predicted molar refractivity (Wildman–Crippen MR) is 180 cm³/mol. The largest absolute Gasteiger partial charge is 0.462 e. The van der Waals surface area contributed by atoms with E-state index in [-0.39, 0.29) is 17.3 Å². The number of rotatable bonds is 14. The van der Waals surface area contributed by atoms with Crippen molar-refractivity contribution in [2.24, 2.45) is 0 Å². The number of benzene rings is 4. The lowest BCUT2D eigenvalue weighted by atomic mass is 10.1.